The summed E-state index contributed by atoms with van der Waals surface area (Å²) in [7, 11) is -3.74. The van der Waals surface area contributed by atoms with Crippen molar-refractivity contribution >= 4 is 25.2 Å². The highest BCUT2D eigenvalue weighted by Crippen LogP contribution is 2.53. The molecule has 0 bridgehead atoms. The van der Waals surface area contributed by atoms with Crippen molar-refractivity contribution in [3.05, 3.63) is 30.3 Å². The van der Waals surface area contributed by atoms with Crippen LogP contribution in [0.1, 0.15) is 13.8 Å². The number of hydrogen-bond donors (Lipinski definition) is 1. The molecule has 0 aromatic heterocycles. The normalized spacial score (nSPS) is 19.0. The first-order valence-electron chi connectivity index (χ1n) is 6.61. The van der Waals surface area contributed by atoms with E-state index >= 15 is 0 Å². The van der Waals surface area contributed by atoms with Gasteiger partial charge in [-0.1, -0.05) is 18.2 Å². The van der Waals surface area contributed by atoms with E-state index in [2.05, 4.69) is 5.32 Å². The fraction of sp³-hybridized carbons (Fsp3) is 0.385. The van der Waals surface area contributed by atoms with Gasteiger partial charge in [0.25, 0.3) is 5.91 Å². The number of imide groups is 1. The highest BCUT2D eigenvalue weighted by molar-refractivity contribution is 7.55. The fourth-order valence-electron chi connectivity index (χ4n) is 2.05. The van der Waals surface area contributed by atoms with E-state index in [9.17, 15) is 14.2 Å². The molecule has 114 valence electrons. The third-order valence-electron chi connectivity index (χ3n) is 2.87. The molecule has 0 saturated carbocycles. The van der Waals surface area contributed by atoms with Crippen LogP contribution >= 0.6 is 7.60 Å². The first-order chi connectivity index (χ1) is 10.0. The Kier molecular flexibility index (Phi) is 4.77. The molecule has 1 aliphatic rings. The van der Waals surface area contributed by atoms with E-state index in [1.54, 1.807) is 44.2 Å². The van der Waals surface area contributed by atoms with Gasteiger partial charge in [0.2, 0.25) is 5.78 Å². The van der Waals surface area contributed by atoms with E-state index in [4.69, 9.17) is 9.05 Å². The summed E-state index contributed by atoms with van der Waals surface area (Å²) in [6.07, 6.45) is 0. The quantitative estimate of drug-likeness (QED) is 0.643. The van der Waals surface area contributed by atoms with Gasteiger partial charge < -0.3 is 14.4 Å². The van der Waals surface area contributed by atoms with Gasteiger partial charge in [0.1, 0.15) is 0 Å². The van der Waals surface area contributed by atoms with Crippen LogP contribution in [0.15, 0.2) is 30.3 Å². The van der Waals surface area contributed by atoms with E-state index in [-0.39, 0.29) is 13.2 Å². The largest absolute Gasteiger partial charge is 0.362 e. The molecule has 2 rings (SSSR count). The molecule has 21 heavy (non-hydrogen) atoms. The predicted molar refractivity (Wildman–Crippen MR) is 77.1 cm³/mol. The maximum Gasteiger partial charge on any atom is 0.362 e. The van der Waals surface area contributed by atoms with Crippen LogP contribution in [0, 0.1) is 0 Å². The third-order valence-corrected chi connectivity index (χ3v) is 5.08. The van der Waals surface area contributed by atoms with Gasteiger partial charge in [0.05, 0.1) is 18.9 Å². The molecular formula is C13H17N2O5P. The molecule has 0 spiro atoms. The SMILES string of the molecule is CCOP(=O)(OCC)[C@H]1NC(=O)N(c2ccccc2)C1=O. The van der Waals surface area contributed by atoms with E-state index < -0.39 is 25.3 Å². The van der Waals surface area contributed by atoms with Crippen molar-refractivity contribution in [1.82, 2.24) is 5.32 Å². The van der Waals surface area contributed by atoms with Crippen LogP contribution < -0.4 is 10.2 Å². The van der Waals surface area contributed by atoms with Crippen LogP contribution in [0.25, 0.3) is 0 Å². The molecule has 8 heteroatoms. The lowest BCUT2D eigenvalue weighted by Crippen LogP contribution is -2.32. The lowest BCUT2D eigenvalue weighted by Gasteiger charge is -2.21. The van der Waals surface area contributed by atoms with Crippen LogP contribution in [-0.4, -0.2) is 30.9 Å². The van der Waals surface area contributed by atoms with Crippen molar-refractivity contribution in [1.29, 1.82) is 0 Å². The summed E-state index contributed by atoms with van der Waals surface area (Å²) < 4.78 is 22.9. The maximum atomic E-state index is 12.6. The molecule has 1 aliphatic heterocycles. The Morgan fingerprint density at radius 3 is 2.24 bits per heavy atom. The van der Waals surface area contributed by atoms with Crippen molar-refractivity contribution < 1.29 is 23.2 Å². The average Bonchev–Trinajstić information content (AvgIpc) is 2.76. The van der Waals surface area contributed by atoms with Crippen LogP contribution in [0.5, 0.6) is 0 Å². The van der Waals surface area contributed by atoms with E-state index in [0.29, 0.717) is 5.69 Å². The predicted octanol–water partition coefficient (Wildman–Crippen LogP) is 2.33. The lowest BCUT2D eigenvalue weighted by molar-refractivity contribution is -0.117. The summed E-state index contributed by atoms with van der Waals surface area (Å²) in [6, 6.07) is 7.76. The third kappa shape index (κ3) is 3.00. The Labute approximate surface area is 122 Å². The van der Waals surface area contributed by atoms with Crippen LogP contribution in [0.2, 0.25) is 0 Å². The first kappa shape index (κ1) is 15.7. The molecule has 7 nitrogen and oxygen atoms in total. The van der Waals surface area contributed by atoms with E-state index in [1.807, 2.05) is 0 Å². The topological polar surface area (TPSA) is 84.9 Å². The summed E-state index contributed by atoms with van der Waals surface area (Å²) in [5, 5.41) is 2.39. The molecule has 1 saturated heterocycles. The van der Waals surface area contributed by atoms with Gasteiger partial charge in [0, 0.05) is 0 Å². The first-order valence-corrected chi connectivity index (χ1v) is 8.23. The van der Waals surface area contributed by atoms with Crippen LogP contribution in [-0.2, 0) is 18.4 Å². The number of hydrogen-bond acceptors (Lipinski definition) is 5. The van der Waals surface area contributed by atoms with Gasteiger partial charge in [-0.2, -0.15) is 0 Å². The Balaban J connectivity index is 2.31. The molecule has 1 fully saturated rings. The Morgan fingerprint density at radius 1 is 1.14 bits per heavy atom. The molecule has 0 unspecified atom stereocenters. The van der Waals surface area contributed by atoms with Crippen molar-refractivity contribution in [3.8, 4) is 0 Å². The monoisotopic (exact) mass is 312 g/mol. The van der Waals surface area contributed by atoms with Crippen molar-refractivity contribution in [2.45, 2.75) is 19.6 Å². The molecule has 1 N–H and O–H groups in total. The van der Waals surface area contributed by atoms with E-state index in [0.717, 1.165) is 4.90 Å². The van der Waals surface area contributed by atoms with Crippen LogP contribution in [0.4, 0.5) is 10.5 Å². The van der Waals surface area contributed by atoms with E-state index in [1.165, 1.54) is 0 Å². The minimum atomic E-state index is -3.74. The number of nitrogens with one attached hydrogen (secondary N) is 1. The Bertz CT molecular complexity index is 567. The summed E-state index contributed by atoms with van der Waals surface area (Å²) in [4.78, 5) is 25.4. The molecule has 0 aliphatic carbocycles. The lowest BCUT2D eigenvalue weighted by atomic mass is 10.3. The van der Waals surface area contributed by atoms with Crippen LogP contribution in [0.3, 0.4) is 0 Å². The zero-order chi connectivity index (χ0) is 15.5. The summed E-state index contributed by atoms with van der Waals surface area (Å²) >= 11 is 0. The highest BCUT2D eigenvalue weighted by Gasteiger charge is 2.51. The molecule has 1 aromatic carbocycles. The second-order valence-corrected chi connectivity index (χ2v) is 6.35. The van der Waals surface area contributed by atoms with Crippen molar-refractivity contribution in [3.63, 3.8) is 0 Å². The summed E-state index contributed by atoms with van der Waals surface area (Å²) in [5.74, 6) is -1.96. The van der Waals surface area contributed by atoms with Crippen molar-refractivity contribution in [2.24, 2.45) is 0 Å². The number of carbonyl (C=O) groups excluding carboxylic acids is 2. The fourth-order valence-corrected chi connectivity index (χ4v) is 3.79. The number of amides is 3. The van der Waals surface area contributed by atoms with Gasteiger partial charge in [-0.25, -0.2) is 9.69 Å². The molecule has 0 radical (unpaired) electrons. The Hall–Kier alpha value is -1.69. The molecule has 3 amide bonds. The average molecular weight is 312 g/mol. The molecule has 1 aromatic rings. The second kappa shape index (κ2) is 6.39. The number of rotatable bonds is 6. The van der Waals surface area contributed by atoms with Gasteiger partial charge in [-0.3, -0.25) is 9.36 Å². The molecule has 1 heterocycles. The van der Waals surface area contributed by atoms with Crippen molar-refractivity contribution in [2.75, 3.05) is 18.1 Å². The second-order valence-electron chi connectivity index (χ2n) is 4.24. The highest BCUT2D eigenvalue weighted by atomic mass is 31.2. The number of carbonyl (C=O) groups is 2. The zero-order valence-electron chi connectivity index (χ0n) is 11.8. The summed E-state index contributed by atoms with van der Waals surface area (Å²) in [6.45, 7) is 3.51. The van der Waals surface area contributed by atoms with Gasteiger partial charge >= 0.3 is 13.6 Å². The number of para-hydroxylation sites is 1. The minimum Gasteiger partial charge on any atom is -0.315 e. The number of anilines is 1. The summed E-state index contributed by atoms with van der Waals surface area (Å²) in [5.41, 5.74) is 0.405. The number of urea groups is 1. The molecular weight excluding hydrogens is 295 g/mol. The minimum absolute atomic E-state index is 0.113. The van der Waals surface area contributed by atoms with Gasteiger partial charge in [0.15, 0.2) is 0 Å². The Morgan fingerprint density at radius 2 is 1.71 bits per heavy atom. The number of benzene rings is 1. The molecule has 1 atom stereocenters. The zero-order valence-corrected chi connectivity index (χ0v) is 12.7. The van der Waals surface area contributed by atoms with Gasteiger partial charge in [-0.05, 0) is 26.0 Å². The number of nitrogens with zero attached hydrogens (tertiary/aromatic N) is 1. The maximum absolute atomic E-state index is 12.6. The smallest absolute Gasteiger partial charge is 0.315 e. The van der Waals surface area contributed by atoms with Gasteiger partial charge in [-0.15, -0.1) is 0 Å². The standard InChI is InChI=1S/C13H17N2O5P/c1-3-19-21(18,20-4-2)11-12(16)15(13(17)14-11)10-8-6-5-7-9-10/h5-9,11H,3-4H2,1-2H3,(H,14,17)/t11-/m1/s1.